The van der Waals surface area contributed by atoms with E-state index < -0.39 is 0 Å². The molecule has 2 aromatic rings. The third kappa shape index (κ3) is 3.34. The first-order valence-corrected chi connectivity index (χ1v) is 9.79. The second-order valence-corrected chi connectivity index (χ2v) is 8.22. The van der Waals surface area contributed by atoms with Crippen LogP contribution < -0.4 is 5.32 Å². The Morgan fingerprint density at radius 3 is 2.48 bits per heavy atom. The number of hydrogen-bond donors (Lipinski definition) is 1. The minimum absolute atomic E-state index is 0.0570. The van der Waals surface area contributed by atoms with Gasteiger partial charge in [0.1, 0.15) is 0 Å². The Morgan fingerprint density at radius 1 is 1.11 bits per heavy atom. The fraction of sp³-hybridized carbons (Fsp3) is 0.524. The molecule has 1 saturated carbocycles. The van der Waals surface area contributed by atoms with Crippen LogP contribution >= 0.6 is 0 Å². The zero-order valence-corrected chi connectivity index (χ0v) is 16.3. The lowest BCUT2D eigenvalue weighted by molar-refractivity contribution is 0.0619. The van der Waals surface area contributed by atoms with Gasteiger partial charge in [0, 0.05) is 37.6 Å². The van der Waals surface area contributed by atoms with E-state index >= 15 is 0 Å². The van der Waals surface area contributed by atoms with Gasteiger partial charge < -0.3 is 14.8 Å². The van der Waals surface area contributed by atoms with Gasteiger partial charge in [-0.3, -0.25) is 4.90 Å². The molecule has 144 valence electrons. The maximum Gasteiger partial charge on any atom is 0.318 e. The van der Waals surface area contributed by atoms with E-state index in [-0.39, 0.29) is 17.1 Å². The van der Waals surface area contributed by atoms with Crippen molar-refractivity contribution in [2.75, 3.05) is 27.2 Å². The molecule has 1 aromatic carbocycles. The molecule has 0 atom stereocenters. The van der Waals surface area contributed by atoms with Crippen molar-refractivity contribution in [3.63, 3.8) is 0 Å². The molecule has 2 heterocycles. The molecular formula is C21H29N5O. The van der Waals surface area contributed by atoms with Gasteiger partial charge in [0.25, 0.3) is 0 Å². The second-order valence-electron chi connectivity index (χ2n) is 8.22. The lowest BCUT2D eigenvalue weighted by Crippen LogP contribution is -2.54. The van der Waals surface area contributed by atoms with Crippen LogP contribution in [0.2, 0.25) is 0 Å². The van der Waals surface area contributed by atoms with Crippen LogP contribution in [0.15, 0.2) is 49.1 Å². The molecule has 0 bridgehead atoms. The molecule has 0 unspecified atom stereocenters. The summed E-state index contributed by atoms with van der Waals surface area (Å²) in [5.74, 6) is 0. The molecule has 4 rings (SSSR count). The van der Waals surface area contributed by atoms with Gasteiger partial charge in [-0.2, -0.15) is 0 Å². The third-order valence-corrected chi connectivity index (χ3v) is 6.54. The predicted octanol–water partition coefficient (Wildman–Crippen LogP) is 2.68. The van der Waals surface area contributed by atoms with E-state index in [0.29, 0.717) is 0 Å². The van der Waals surface area contributed by atoms with E-state index in [1.54, 1.807) is 12.5 Å². The first-order valence-electron chi connectivity index (χ1n) is 9.79. The summed E-state index contributed by atoms with van der Waals surface area (Å²) in [6.45, 7) is 2.31. The highest BCUT2D eigenvalue weighted by Gasteiger charge is 2.49. The Morgan fingerprint density at radius 2 is 1.85 bits per heavy atom. The van der Waals surface area contributed by atoms with E-state index in [9.17, 15) is 4.79 Å². The number of urea groups is 1. The molecule has 2 amide bonds. The van der Waals surface area contributed by atoms with Gasteiger partial charge in [-0.25, -0.2) is 9.78 Å². The Kier molecular flexibility index (Phi) is 4.68. The van der Waals surface area contributed by atoms with Crippen LogP contribution in [-0.2, 0) is 12.1 Å². The van der Waals surface area contributed by atoms with Crippen LogP contribution in [0.1, 0.15) is 31.2 Å². The molecule has 2 fully saturated rings. The molecule has 1 aliphatic heterocycles. The lowest BCUT2D eigenvalue weighted by Gasteiger charge is -2.48. The SMILES string of the molecule is CN(C)[C@]1(c2ccccc2)CC[C@]2(CC1)CN(CCn1ccnc1)C(=O)N2. The number of rotatable bonds is 5. The first-order chi connectivity index (χ1) is 13.0. The molecular weight excluding hydrogens is 338 g/mol. The molecule has 1 saturated heterocycles. The normalized spacial score (nSPS) is 28.1. The van der Waals surface area contributed by atoms with Crippen LogP contribution in [0, 0.1) is 0 Å². The molecule has 6 nitrogen and oxygen atoms in total. The number of aromatic nitrogens is 2. The van der Waals surface area contributed by atoms with E-state index in [2.05, 4.69) is 59.6 Å². The number of benzene rings is 1. The van der Waals surface area contributed by atoms with Gasteiger partial charge in [0.05, 0.1) is 11.9 Å². The van der Waals surface area contributed by atoms with Crippen LogP contribution in [0.4, 0.5) is 4.79 Å². The minimum atomic E-state index is -0.0830. The third-order valence-electron chi connectivity index (χ3n) is 6.54. The Bertz CT molecular complexity index is 763. The molecule has 0 radical (unpaired) electrons. The Labute approximate surface area is 161 Å². The summed E-state index contributed by atoms with van der Waals surface area (Å²) in [6.07, 6.45) is 9.64. The van der Waals surface area contributed by atoms with E-state index in [1.165, 1.54) is 5.56 Å². The molecule has 1 N–H and O–H groups in total. The highest BCUT2D eigenvalue weighted by atomic mass is 16.2. The summed E-state index contributed by atoms with van der Waals surface area (Å²) in [6, 6.07) is 10.9. The van der Waals surface area contributed by atoms with Crippen LogP contribution in [0.3, 0.4) is 0 Å². The molecule has 1 aromatic heterocycles. The quantitative estimate of drug-likeness (QED) is 0.884. The number of hydrogen-bond acceptors (Lipinski definition) is 3. The first kappa shape index (κ1) is 18.0. The van der Waals surface area contributed by atoms with Gasteiger partial charge in [0.2, 0.25) is 0 Å². The van der Waals surface area contributed by atoms with Crippen molar-refractivity contribution in [1.82, 2.24) is 24.7 Å². The van der Waals surface area contributed by atoms with Crippen molar-refractivity contribution >= 4 is 6.03 Å². The highest BCUT2D eigenvalue weighted by molar-refractivity contribution is 5.78. The molecule has 1 aliphatic carbocycles. The van der Waals surface area contributed by atoms with Crippen molar-refractivity contribution in [2.24, 2.45) is 0 Å². The fourth-order valence-corrected chi connectivity index (χ4v) is 4.79. The molecule has 27 heavy (non-hydrogen) atoms. The van der Waals surface area contributed by atoms with Crippen LogP contribution in [0.5, 0.6) is 0 Å². The average Bonchev–Trinajstić information content (AvgIpc) is 3.29. The largest absolute Gasteiger partial charge is 0.336 e. The monoisotopic (exact) mass is 367 g/mol. The highest BCUT2D eigenvalue weighted by Crippen LogP contribution is 2.45. The summed E-state index contributed by atoms with van der Waals surface area (Å²) < 4.78 is 2.02. The maximum atomic E-state index is 12.6. The number of carbonyl (C=O) groups is 1. The minimum Gasteiger partial charge on any atom is -0.336 e. The summed E-state index contributed by atoms with van der Waals surface area (Å²) in [4.78, 5) is 20.9. The smallest absolute Gasteiger partial charge is 0.318 e. The number of nitrogens with zero attached hydrogens (tertiary/aromatic N) is 4. The van der Waals surface area contributed by atoms with Gasteiger partial charge in [-0.1, -0.05) is 30.3 Å². The van der Waals surface area contributed by atoms with Crippen molar-refractivity contribution < 1.29 is 4.79 Å². The van der Waals surface area contributed by atoms with E-state index in [4.69, 9.17) is 0 Å². The molecule has 1 spiro atoms. The van der Waals surface area contributed by atoms with E-state index in [1.807, 2.05) is 15.7 Å². The summed E-state index contributed by atoms with van der Waals surface area (Å²) in [7, 11) is 4.35. The van der Waals surface area contributed by atoms with E-state index in [0.717, 1.165) is 45.3 Å². The lowest BCUT2D eigenvalue weighted by atomic mass is 9.69. The number of amides is 2. The predicted molar refractivity (Wildman–Crippen MR) is 105 cm³/mol. The number of carbonyl (C=O) groups excluding carboxylic acids is 1. The van der Waals surface area contributed by atoms with Crippen molar-refractivity contribution in [3.8, 4) is 0 Å². The number of imidazole rings is 1. The standard InChI is InChI=1S/C21H29N5O/c1-24(2)21(18-6-4-3-5-7-18)10-8-20(9-11-21)16-26(19(27)23-20)15-14-25-13-12-22-17-25/h3-7,12-13,17H,8-11,14-16H2,1-2H3,(H,23,27)/t20-,21+. The van der Waals surface area contributed by atoms with Gasteiger partial charge in [-0.05, 0) is 45.3 Å². The van der Waals surface area contributed by atoms with Crippen LogP contribution in [0.25, 0.3) is 0 Å². The Balaban J connectivity index is 1.44. The summed E-state index contributed by atoms with van der Waals surface area (Å²) >= 11 is 0. The van der Waals surface area contributed by atoms with Crippen LogP contribution in [-0.4, -0.2) is 58.1 Å². The van der Waals surface area contributed by atoms with Crippen molar-refractivity contribution in [3.05, 3.63) is 54.6 Å². The van der Waals surface area contributed by atoms with Gasteiger partial charge in [-0.15, -0.1) is 0 Å². The molecule has 2 aliphatic rings. The number of nitrogens with one attached hydrogen (secondary N) is 1. The maximum absolute atomic E-state index is 12.6. The zero-order chi connectivity index (χ0) is 18.9. The van der Waals surface area contributed by atoms with Gasteiger partial charge in [0.15, 0.2) is 0 Å². The fourth-order valence-electron chi connectivity index (χ4n) is 4.79. The summed E-state index contributed by atoms with van der Waals surface area (Å²) in [5, 5.41) is 3.32. The van der Waals surface area contributed by atoms with Crippen molar-refractivity contribution in [2.45, 2.75) is 43.3 Å². The molecule has 6 heteroatoms. The van der Waals surface area contributed by atoms with Crippen molar-refractivity contribution in [1.29, 1.82) is 0 Å². The second kappa shape index (κ2) is 7.00. The zero-order valence-electron chi connectivity index (χ0n) is 16.3. The Hall–Kier alpha value is -2.34. The average molecular weight is 367 g/mol. The topological polar surface area (TPSA) is 53.4 Å². The van der Waals surface area contributed by atoms with Gasteiger partial charge >= 0.3 is 6.03 Å². The summed E-state index contributed by atoms with van der Waals surface area (Å²) in [5.41, 5.74) is 1.35.